The van der Waals surface area contributed by atoms with Gasteiger partial charge in [0.15, 0.2) is 17.5 Å². The Balaban J connectivity index is 0.000000268. The second kappa shape index (κ2) is 22.8. The number of anilines is 2. The van der Waals surface area contributed by atoms with Crippen molar-refractivity contribution in [2.24, 2.45) is 0 Å². The molecular weight excluding hydrogens is 868 g/mol. The minimum Gasteiger partial charge on any atom is -0.322 e. The van der Waals surface area contributed by atoms with Gasteiger partial charge in [-0.3, -0.25) is 9.59 Å². The lowest BCUT2D eigenvalue weighted by atomic mass is 10.1. The Kier molecular flexibility index (Phi) is 18.5. The first kappa shape index (κ1) is 50.3. The summed E-state index contributed by atoms with van der Waals surface area (Å²) < 4.78 is 110. The molecule has 2 saturated heterocycles. The molecule has 2 N–H and O–H groups in total. The van der Waals surface area contributed by atoms with Gasteiger partial charge in [0.25, 0.3) is 11.8 Å². The van der Waals surface area contributed by atoms with Gasteiger partial charge in [-0.15, -0.1) is 0 Å². The van der Waals surface area contributed by atoms with Crippen LogP contribution in [0.3, 0.4) is 0 Å². The fourth-order valence-corrected chi connectivity index (χ4v) is 10.9. The SMILES string of the molecule is C.Cc1ccc(C(=O)Nc2cc(F)c(F)c(F)c2)cc1S(=O)(=O)N1CCCCCCCC1.Cc1ccc(C(=O)Nc2ccc(F)c(Cl)c2)cc1S(=O)(=O)N1CCCCCCCC1. The molecule has 6 rings (SSSR count). The molecule has 2 heterocycles. The summed E-state index contributed by atoms with van der Waals surface area (Å²) in [6, 6.07) is 14.0. The fourth-order valence-electron chi connectivity index (χ4n) is 7.20. The fraction of sp³-hybridized carbons (Fsp3) is 0.422. The van der Waals surface area contributed by atoms with Crippen molar-refractivity contribution in [1.29, 1.82) is 0 Å². The third-order valence-corrected chi connectivity index (χ3v) is 15.1. The number of carbonyl (C=O) groups excluding carboxylic acids is 2. The Morgan fingerprint density at radius 1 is 0.516 bits per heavy atom. The van der Waals surface area contributed by atoms with E-state index in [4.69, 9.17) is 11.6 Å². The maximum atomic E-state index is 13.4. The van der Waals surface area contributed by atoms with Crippen molar-refractivity contribution < 1.29 is 44.0 Å². The third-order valence-electron chi connectivity index (χ3n) is 10.7. The predicted octanol–water partition coefficient (Wildman–Crippen LogP) is 11.0. The summed E-state index contributed by atoms with van der Waals surface area (Å²) in [4.78, 5) is 25.4. The highest BCUT2D eigenvalue weighted by molar-refractivity contribution is 7.89. The minimum absolute atomic E-state index is 0. The van der Waals surface area contributed by atoms with Crippen LogP contribution in [-0.4, -0.2) is 63.4 Å². The van der Waals surface area contributed by atoms with Crippen molar-refractivity contribution in [1.82, 2.24) is 8.61 Å². The van der Waals surface area contributed by atoms with Gasteiger partial charge < -0.3 is 10.6 Å². The van der Waals surface area contributed by atoms with Gasteiger partial charge in [-0.1, -0.05) is 82.5 Å². The zero-order valence-electron chi connectivity index (χ0n) is 34.2. The summed E-state index contributed by atoms with van der Waals surface area (Å²) >= 11 is 5.76. The normalized spacial score (nSPS) is 16.0. The van der Waals surface area contributed by atoms with Gasteiger partial charge in [0.2, 0.25) is 20.0 Å². The van der Waals surface area contributed by atoms with Crippen molar-refractivity contribution in [3.63, 3.8) is 0 Å². The number of halogens is 5. The Morgan fingerprint density at radius 2 is 0.887 bits per heavy atom. The summed E-state index contributed by atoms with van der Waals surface area (Å²) in [7, 11) is -7.52. The summed E-state index contributed by atoms with van der Waals surface area (Å²) in [6.07, 6.45) is 11.7. The highest BCUT2D eigenvalue weighted by Gasteiger charge is 2.29. The second-order valence-corrected chi connectivity index (χ2v) is 19.5. The van der Waals surface area contributed by atoms with Gasteiger partial charge in [0, 0.05) is 60.8 Å². The van der Waals surface area contributed by atoms with Crippen LogP contribution in [0.2, 0.25) is 5.02 Å². The van der Waals surface area contributed by atoms with Crippen LogP contribution in [0, 0.1) is 37.1 Å². The summed E-state index contributed by atoms with van der Waals surface area (Å²) in [6.45, 7) is 5.21. The maximum absolute atomic E-state index is 13.4. The van der Waals surface area contributed by atoms with Crippen molar-refractivity contribution in [2.75, 3.05) is 36.8 Å². The van der Waals surface area contributed by atoms with Gasteiger partial charge in [-0.2, -0.15) is 8.61 Å². The van der Waals surface area contributed by atoms with E-state index < -0.39 is 55.1 Å². The Labute approximate surface area is 368 Å². The van der Waals surface area contributed by atoms with Crippen LogP contribution in [0.5, 0.6) is 0 Å². The van der Waals surface area contributed by atoms with Gasteiger partial charge in [-0.25, -0.2) is 34.4 Å². The number of nitrogens with zero attached hydrogens (tertiary/aromatic N) is 2. The lowest BCUT2D eigenvalue weighted by Crippen LogP contribution is -2.33. The predicted molar refractivity (Wildman–Crippen MR) is 236 cm³/mol. The summed E-state index contributed by atoms with van der Waals surface area (Å²) in [5, 5.41) is 4.81. The highest BCUT2D eigenvalue weighted by atomic mass is 35.5. The Bertz CT molecular complexity index is 2400. The first-order chi connectivity index (χ1) is 29.0. The molecule has 0 radical (unpaired) electrons. The molecule has 0 aromatic heterocycles. The van der Waals surface area contributed by atoms with Crippen LogP contribution in [0.1, 0.15) is 116 Å². The third kappa shape index (κ3) is 13.1. The molecule has 0 spiro atoms. The van der Waals surface area contributed by atoms with E-state index in [0.717, 1.165) is 83.1 Å². The quantitative estimate of drug-likeness (QED) is 0.134. The van der Waals surface area contributed by atoms with E-state index in [1.807, 2.05) is 0 Å². The van der Waals surface area contributed by atoms with Crippen LogP contribution < -0.4 is 10.6 Å². The average Bonchev–Trinajstić information content (AvgIpc) is 3.46. The van der Waals surface area contributed by atoms with E-state index in [9.17, 15) is 44.0 Å². The van der Waals surface area contributed by atoms with Crippen LogP contribution in [0.25, 0.3) is 0 Å². The number of aryl methyl sites for hydroxylation is 2. The molecule has 4 aromatic rings. The second-order valence-electron chi connectivity index (χ2n) is 15.3. The van der Waals surface area contributed by atoms with Crippen LogP contribution in [0.15, 0.2) is 76.5 Å². The van der Waals surface area contributed by atoms with E-state index >= 15 is 0 Å². The average molecular weight is 924 g/mol. The van der Waals surface area contributed by atoms with E-state index in [2.05, 4.69) is 10.6 Å². The van der Waals surface area contributed by atoms with Gasteiger partial charge in [-0.05, 0) is 93.1 Å². The van der Waals surface area contributed by atoms with Crippen molar-refractivity contribution in [2.45, 2.75) is 108 Å². The zero-order valence-corrected chi connectivity index (χ0v) is 36.6. The molecule has 0 saturated carbocycles. The molecular formula is C45H55ClF4N4O6S2. The summed E-state index contributed by atoms with van der Waals surface area (Å²) in [5.41, 5.74) is 1.37. The molecule has 0 bridgehead atoms. The van der Waals surface area contributed by atoms with Crippen LogP contribution in [-0.2, 0) is 20.0 Å². The molecule has 2 aliphatic rings. The molecule has 0 unspecified atom stereocenters. The van der Waals surface area contributed by atoms with Gasteiger partial charge in [0.1, 0.15) is 5.82 Å². The standard InChI is InChI=1S/C22H26ClFN2O3S.C22H25F3N2O3S.CH4/c1-16-8-9-17(22(27)25-18-10-11-20(24)19(23)15-18)14-21(16)30(28,29)26-12-6-4-2-3-5-7-13-26;1-15-8-9-16(22(28)26-17-13-18(23)21(25)19(24)14-17)12-20(15)31(29,30)27-10-6-4-2-3-5-7-11-27;/h8-11,14-15H,2-7,12-13H2,1H3,(H,25,27);8-9,12-14H,2-7,10-11H2,1H3,(H,26,28);1H4. The molecule has 0 aliphatic carbocycles. The molecule has 0 atom stereocenters. The number of benzene rings is 4. The van der Waals surface area contributed by atoms with Gasteiger partial charge >= 0.3 is 0 Å². The zero-order chi connectivity index (χ0) is 44.3. The van der Waals surface area contributed by atoms with Gasteiger partial charge in [0.05, 0.1) is 14.8 Å². The molecule has 17 heteroatoms. The van der Waals surface area contributed by atoms with E-state index in [-0.39, 0.29) is 39.1 Å². The van der Waals surface area contributed by atoms with E-state index in [1.54, 1.807) is 30.3 Å². The first-order valence-electron chi connectivity index (χ1n) is 20.4. The lowest BCUT2D eigenvalue weighted by Gasteiger charge is -2.23. The van der Waals surface area contributed by atoms with Crippen LogP contribution in [0.4, 0.5) is 28.9 Å². The first-order valence-corrected chi connectivity index (χ1v) is 23.7. The molecule has 2 aliphatic heterocycles. The molecule has 10 nitrogen and oxygen atoms in total. The molecule has 338 valence electrons. The Hall–Kier alpha value is -4.35. The number of amides is 2. The topological polar surface area (TPSA) is 133 Å². The lowest BCUT2D eigenvalue weighted by molar-refractivity contribution is 0.101. The van der Waals surface area contributed by atoms with Crippen molar-refractivity contribution >= 4 is 54.8 Å². The number of hydrogen-bond acceptors (Lipinski definition) is 6. The summed E-state index contributed by atoms with van der Waals surface area (Å²) in [5.74, 6) is -6.33. The molecule has 2 fully saturated rings. The number of rotatable bonds is 8. The molecule has 62 heavy (non-hydrogen) atoms. The molecule has 2 amide bonds. The number of carbonyl (C=O) groups is 2. The van der Waals surface area contributed by atoms with Crippen molar-refractivity contribution in [3.05, 3.63) is 117 Å². The number of sulfonamides is 2. The minimum atomic E-state index is -3.81. The maximum Gasteiger partial charge on any atom is 0.255 e. The largest absolute Gasteiger partial charge is 0.322 e. The van der Waals surface area contributed by atoms with E-state index in [0.29, 0.717) is 55.1 Å². The number of nitrogens with one attached hydrogen (secondary N) is 2. The smallest absolute Gasteiger partial charge is 0.255 e. The van der Waals surface area contributed by atoms with Crippen molar-refractivity contribution in [3.8, 4) is 0 Å². The van der Waals surface area contributed by atoms with E-state index in [1.165, 1.54) is 40.7 Å². The highest BCUT2D eigenvalue weighted by Crippen LogP contribution is 2.27. The van der Waals surface area contributed by atoms with Crippen LogP contribution >= 0.6 is 11.6 Å². The Morgan fingerprint density at radius 3 is 1.27 bits per heavy atom. The monoisotopic (exact) mass is 922 g/mol. The molecule has 4 aromatic carbocycles. The number of hydrogen-bond donors (Lipinski definition) is 2.